The van der Waals surface area contributed by atoms with E-state index in [4.69, 9.17) is 0 Å². The number of allylic oxidation sites excluding steroid dienone is 1. The molecule has 2 nitrogen and oxygen atoms in total. The number of hydrogen-bond donors (Lipinski definition) is 0. The van der Waals surface area contributed by atoms with Crippen LogP contribution in [0.4, 0.5) is 0 Å². The van der Waals surface area contributed by atoms with Gasteiger partial charge in [0, 0.05) is 18.0 Å². The molecule has 3 rings (SSSR count). The molecule has 1 aliphatic carbocycles. The van der Waals surface area contributed by atoms with Crippen LogP contribution >= 0.6 is 0 Å². The fourth-order valence-corrected chi connectivity index (χ4v) is 2.31. The average molecular weight is 197 g/mol. The van der Waals surface area contributed by atoms with Crippen LogP contribution in [0.2, 0.25) is 0 Å². The van der Waals surface area contributed by atoms with Crippen LogP contribution in [0.1, 0.15) is 11.1 Å². The van der Waals surface area contributed by atoms with E-state index >= 15 is 0 Å². The SMILES string of the molecule is C=C1Cc2c1c(=O)n(C)c1ccccc21. The first-order chi connectivity index (χ1) is 7.20. The quantitative estimate of drug-likeness (QED) is 0.634. The van der Waals surface area contributed by atoms with Crippen molar-refractivity contribution < 1.29 is 0 Å². The Hall–Kier alpha value is -1.83. The van der Waals surface area contributed by atoms with Crippen LogP contribution in [0.25, 0.3) is 16.5 Å². The Bertz CT molecular complexity index is 649. The molecule has 0 fully saturated rings. The fraction of sp³-hybridized carbons (Fsp3) is 0.154. The Labute approximate surface area is 87.5 Å². The number of para-hydroxylation sites is 1. The number of fused-ring (bicyclic) bond motifs is 3. The van der Waals surface area contributed by atoms with Gasteiger partial charge >= 0.3 is 0 Å². The van der Waals surface area contributed by atoms with Gasteiger partial charge in [0.1, 0.15) is 0 Å². The van der Waals surface area contributed by atoms with Crippen molar-refractivity contribution in [3.63, 3.8) is 0 Å². The standard InChI is InChI=1S/C13H11NO/c1-8-7-10-9-5-3-4-6-11(9)14(2)13(15)12(8)10/h3-6H,1,7H2,2H3. The van der Waals surface area contributed by atoms with Crippen LogP contribution in [0, 0.1) is 0 Å². The minimum atomic E-state index is 0.0833. The summed E-state index contributed by atoms with van der Waals surface area (Å²) in [6.07, 6.45) is 0.853. The molecule has 0 unspecified atom stereocenters. The predicted octanol–water partition coefficient (Wildman–Crippen LogP) is 2.11. The maximum atomic E-state index is 12.0. The molecule has 0 aliphatic heterocycles. The topological polar surface area (TPSA) is 22.0 Å². The minimum Gasteiger partial charge on any atom is -0.311 e. The van der Waals surface area contributed by atoms with Crippen molar-refractivity contribution in [3.8, 4) is 0 Å². The van der Waals surface area contributed by atoms with Crippen LogP contribution in [0.15, 0.2) is 35.6 Å². The van der Waals surface area contributed by atoms with Crippen molar-refractivity contribution in [3.05, 3.63) is 52.3 Å². The highest BCUT2D eigenvalue weighted by atomic mass is 16.1. The fourth-order valence-electron chi connectivity index (χ4n) is 2.31. The van der Waals surface area contributed by atoms with E-state index in [0.29, 0.717) is 0 Å². The highest BCUT2D eigenvalue weighted by Gasteiger charge is 2.25. The summed E-state index contributed by atoms with van der Waals surface area (Å²) in [6, 6.07) is 8.02. The zero-order valence-corrected chi connectivity index (χ0v) is 8.58. The zero-order valence-electron chi connectivity index (χ0n) is 8.58. The molecule has 0 N–H and O–H groups in total. The van der Waals surface area contributed by atoms with Crippen LogP contribution in [-0.4, -0.2) is 4.57 Å². The van der Waals surface area contributed by atoms with Crippen molar-refractivity contribution in [1.29, 1.82) is 0 Å². The molecule has 1 heterocycles. The first kappa shape index (κ1) is 8.48. The summed E-state index contributed by atoms with van der Waals surface area (Å²) >= 11 is 0. The molecule has 0 radical (unpaired) electrons. The van der Waals surface area contributed by atoms with Crippen LogP contribution in [-0.2, 0) is 13.5 Å². The molecule has 0 atom stereocenters. The number of hydrogen-bond acceptors (Lipinski definition) is 1. The van der Waals surface area contributed by atoms with Gasteiger partial charge in [-0.1, -0.05) is 24.8 Å². The molecule has 1 aromatic carbocycles. The number of nitrogens with zero attached hydrogens (tertiary/aromatic N) is 1. The predicted molar refractivity (Wildman–Crippen MR) is 61.9 cm³/mol. The molecule has 0 bridgehead atoms. The van der Waals surface area contributed by atoms with Crippen molar-refractivity contribution in [2.24, 2.45) is 7.05 Å². The van der Waals surface area contributed by atoms with Crippen LogP contribution < -0.4 is 5.56 Å². The summed E-state index contributed by atoms with van der Waals surface area (Å²) in [4.78, 5) is 12.0. The van der Waals surface area contributed by atoms with E-state index in [1.807, 2.05) is 25.2 Å². The molecule has 2 heteroatoms. The second-order valence-corrected chi connectivity index (χ2v) is 4.02. The second kappa shape index (κ2) is 2.60. The molecular weight excluding hydrogens is 186 g/mol. The van der Waals surface area contributed by atoms with E-state index < -0.39 is 0 Å². The van der Waals surface area contributed by atoms with Crippen molar-refractivity contribution in [1.82, 2.24) is 4.57 Å². The Morgan fingerprint density at radius 1 is 1.33 bits per heavy atom. The number of rotatable bonds is 0. The van der Waals surface area contributed by atoms with Crippen molar-refractivity contribution in [2.75, 3.05) is 0 Å². The summed E-state index contributed by atoms with van der Waals surface area (Å²) < 4.78 is 1.71. The molecule has 1 aliphatic rings. The van der Waals surface area contributed by atoms with Gasteiger partial charge in [0.05, 0.1) is 5.52 Å². The molecule has 2 aromatic rings. The molecule has 0 saturated carbocycles. The third kappa shape index (κ3) is 0.911. The lowest BCUT2D eigenvalue weighted by Crippen LogP contribution is -2.28. The van der Waals surface area contributed by atoms with Crippen molar-refractivity contribution >= 4 is 16.5 Å². The maximum Gasteiger partial charge on any atom is 0.258 e. The van der Waals surface area contributed by atoms with Gasteiger partial charge in [0.25, 0.3) is 5.56 Å². The molecular formula is C13H11NO. The number of benzene rings is 1. The molecule has 0 amide bonds. The number of pyridine rings is 1. The summed E-state index contributed by atoms with van der Waals surface area (Å²) in [5.41, 5.74) is 4.06. The zero-order chi connectivity index (χ0) is 10.6. The number of aromatic nitrogens is 1. The smallest absolute Gasteiger partial charge is 0.258 e. The van der Waals surface area contributed by atoms with Gasteiger partial charge in [-0.25, -0.2) is 0 Å². The maximum absolute atomic E-state index is 12.0. The lowest BCUT2D eigenvalue weighted by Gasteiger charge is -2.24. The Morgan fingerprint density at radius 2 is 2.07 bits per heavy atom. The monoisotopic (exact) mass is 197 g/mol. The van der Waals surface area contributed by atoms with Crippen molar-refractivity contribution in [2.45, 2.75) is 6.42 Å². The lowest BCUT2D eigenvalue weighted by atomic mass is 9.82. The molecule has 0 saturated heterocycles. The van der Waals surface area contributed by atoms with Crippen LogP contribution in [0.3, 0.4) is 0 Å². The van der Waals surface area contributed by atoms with Gasteiger partial charge < -0.3 is 4.57 Å². The molecule has 0 spiro atoms. The second-order valence-electron chi connectivity index (χ2n) is 4.02. The largest absolute Gasteiger partial charge is 0.311 e. The highest BCUT2D eigenvalue weighted by Crippen LogP contribution is 2.34. The Kier molecular flexibility index (Phi) is 1.47. The van der Waals surface area contributed by atoms with Gasteiger partial charge in [-0.15, -0.1) is 0 Å². The first-order valence-corrected chi connectivity index (χ1v) is 4.99. The summed E-state index contributed by atoms with van der Waals surface area (Å²) in [5, 5.41) is 1.18. The minimum absolute atomic E-state index is 0.0833. The number of aryl methyl sites for hydroxylation is 1. The van der Waals surface area contributed by atoms with Gasteiger partial charge in [-0.2, -0.15) is 0 Å². The summed E-state index contributed by atoms with van der Waals surface area (Å²) in [5.74, 6) is 0. The molecule has 74 valence electrons. The molecule has 15 heavy (non-hydrogen) atoms. The molecule has 1 aromatic heterocycles. The van der Waals surface area contributed by atoms with E-state index in [9.17, 15) is 4.79 Å². The normalized spacial score (nSPS) is 13.8. The summed E-state index contributed by atoms with van der Waals surface area (Å²) in [6.45, 7) is 3.90. The van der Waals surface area contributed by atoms with E-state index in [1.54, 1.807) is 4.57 Å². The van der Waals surface area contributed by atoms with Gasteiger partial charge in [-0.3, -0.25) is 4.79 Å². The van der Waals surface area contributed by atoms with E-state index in [0.717, 1.165) is 23.1 Å². The van der Waals surface area contributed by atoms with E-state index in [2.05, 4.69) is 12.6 Å². The third-order valence-corrected chi connectivity index (χ3v) is 3.15. The third-order valence-electron chi connectivity index (χ3n) is 3.15. The average Bonchev–Trinajstić information content (AvgIpc) is 2.23. The van der Waals surface area contributed by atoms with Gasteiger partial charge in [0.15, 0.2) is 0 Å². The van der Waals surface area contributed by atoms with E-state index in [1.165, 1.54) is 10.9 Å². The van der Waals surface area contributed by atoms with Gasteiger partial charge in [-0.05, 0) is 23.6 Å². The van der Waals surface area contributed by atoms with Crippen LogP contribution in [0.5, 0.6) is 0 Å². The summed E-state index contributed by atoms with van der Waals surface area (Å²) in [7, 11) is 1.82. The highest BCUT2D eigenvalue weighted by molar-refractivity contribution is 5.93. The lowest BCUT2D eigenvalue weighted by molar-refractivity contribution is 0.883. The van der Waals surface area contributed by atoms with Gasteiger partial charge in [0.2, 0.25) is 0 Å². The Morgan fingerprint density at radius 3 is 2.80 bits per heavy atom. The Balaban J connectivity index is 2.61. The van der Waals surface area contributed by atoms with E-state index in [-0.39, 0.29) is 5.56 Å². The first-order valence-electron chi connectivity index (χ1n) is 4.99.